The molecule has 2 N–H and O–H groups in total. The molecule has 0 saturated carbocycles. The molecule has 0 aromatic heterocycles. The van der Waals surface area contributed by atoms with E-state index in [0.29, 0.717) is 0 Å². The zero-order chi connectivity index (χ0) is 28.5. The minimum atomic E-state index is -4.76. The van der Waals surface area contributed by atoms with E-state index in [2.05, 4.69) is 0 Å². The monoisotopic (exact) mass is 820 g/mol. The first-order valence-electron chi connectivity index (χ1n) is 9.23. The van der Waals surface area contributed by atoms with Crippen molar-refractivity contribution in [1.82, 2.24) is 0 Å². The van der Waals surface area contributed by atoms with Gasteiger partial charge in [-0.25, -0.2) is 0 Å². The summed E-state index contributed by atoms with van der Waals surface area (Å²) in [6, 6.07) is 1.48. The van der Waals surface area contributed by atoms with E-state index in [1.54, 1.807) is 0 Å². The molecule has 0 aliphatic rings. The van der Waals surface area contributed by atoms with Crippen molar-refractivity contribution in [2.24, 2.45) is 0 Å². The molecular weight excluding hydrogens is 803 g/mol. The molecule has 0 saturated heterocycles. The van der Waals surface area contributed by atoms with Crippen LogP contribution in [0.5, 0.6) is 0 Å². The van der Waals surface area contributed by atoms with E-state index >= 15 is 0 Å². The molecule has 0 radical (unpaired) electrons. The van der Waals surface area contributed by atoms with E-state index in [1.807, 2.05) is 0 Å². The van der Waals surface area contributed by atoms with Gasteiger partial charge in [0, 0.05) is 22.3 Å². The van der Waals surface area contributed by atoms with Gasteiger partial charge in [-0.15, -0.1) is 0 Å². The minimum absolute atomic E-state index is 0. The summed E-state index contributed by atoms with van der Waals surface area (Å²) in [4.78, 5) is 41.6. The number of rotatable bonds is 6. The first-order chi connectivity index (χ1) is 16.1. The Kier molecular flexibility index (Phi) is 15.3. The Hall–Kier alpha value is -0.717. The Morgan fingerprint density at radius 3 is 0.789 bits per heavy atom. The first kappa shape index (κ1) is 39.4. The summed E-state index contributed by atoms with van der Waals surface area (Å²) < 4.78 is 62.6. The number of carboxylic acids is 4. The van der Waals surface area contributed by atoms with Crippen LogP contribution in [-0.4, -0.2) is 148 Å². The van der Waals surface area contributed by atoms with E-state index in [1.165, 1.54) is 0 Å². The first-order valence-corrected chi connectivity index (χ1v) is 12.1. The van der Waals surface area contributed by atoms with Crippen LogP contribution in [0, 0.1) is 27.7 Å². The topological polar surface area (TPSA) is 269 Å². The molecule has 0 atom stereocenters. The summed E-state index contributed by atoms with van der Waals surface area (Å²) >= 11 is 0. The fourth-order valence-corrected chi connectivity index (χ4v) is 5.38. The van der Waals surface area contributed by atoms with Crippen LogP contribution in [0.3, 0.4) is 0 Å². The summed E-state index contributed by atoms with van der Waals surface area (Å²) in [7, 11) is -9.52. The third kappa shape index (κ3) is 9.16. The molecule has 2 aromatic rings. The van der Waals surface area contributed by atoms with Crippen molar-refractivity contribution in [2.45, 2.75) is 37.5 Å². The van der Waals surface area contributed by atoms with Gasteiger partial charge >= 0.3 is 97.8 Å². The minimum Gasteiger partial charge on any atom is -0.545 e. The molecule has 0 aliphatic heterocycles. The second-order valence-electron chi connectivity index (χ2n) is 7.20. The van der Waals surface area contributed by atoms with Crippen LogP contribution in [0.1, 0.15) is 63.7 Å². The Bertz CT molecular complexity index is 1340. The zero-order valence-electron chi connectivity index (χ0n) is 20.2. The second kappa shape index (κ2) is 14.8. The van der Waals surface area contributed by atoms with E-state index < -0.39 is 76.2 Å². The molecule has 196 valence electrons. The van der Waals surface area contributed by atoms with Crippen molar-refractivity contribution in [1.29, 1.82) is 0 Å². The number of carbonyl (C=O) groups is 4. The molecule has 14 nitrogen and oxygen atoms in total. The van der Waals surface area contributed by atoms with E-state index in [0.717, 1.165) is 39.8 Å². The quantitative estimate of drug-likeness (QED) is 0.207. The van der Waals surface area contributed by atoms with Gasteiger partial charge in [-0.05, 0) is 62.1 Å². The van der Waals surface area contributed by atoms with Gasteiger partial charge in [0.1, 0.15) is 9.79 Å². The van der Waals surface area contributed by atoms with E-state index in [4.69, 9.17) is 9.11 Å². The molecule has 18 heteroatoms. The molecule has 0 amide bonds. The maximum atomic E-state index is 11.2. The number of carbonyl (C=O) groups excluding carboxylic acids is 4. The molecule has 0 unspecified atom stereocenters. The Morgan fingerprint density at radius 1 is 0.526 bits per heavy atom. The third-order valence-electron chi connectivity index (χ3n) is 4.95. The van der Waals surface area contributed by atoms with Crippen molar-refractivity contribution in [3.63, 3.8) is 0 Å². The number of aromatic carboxylic acids is 4. The summed E-state index contributed by atoms with van der Waals surface area (Å²) in [5, 5.41) is 43.1. The van der Waals surface area contributed by atoms with Crippen molar-refractivity contribution in [2.75, 3.05) is 0 Å². The molecular formula is C20H16Ba2O14S2. The summed E-state index contributed by atoms with van der Waals surface area (Å²) in [6.45, 7) is 4.50. The van der Waals surface area contributed by atoms with E-state index in [9.17, 15) is 56.4 Å². The van der Waals surface area contributed by atoms with Gasteiger partial charge in [0.15, 0.2) is 0 Å². The maximum absolute atomic E-state index is 11.2. The Balaban J connectivity index is 0. The smallest absolute Gasteiger partial charge is 0.545 e. The predicted octanol–water partition coefficient (Wildman–Crippen LogP) is -4.21. The Labute approximate surface area is 297 Å². The van der Waals surface area contributed by atoms with Gasteiger partial charge in [0.25, 0.3) is 20.2 Å². The van der Waals surface area contributed by atoms with Crippen LogP contribution in [0.4, 0.5) is 0 Å². The average Bonchev–Trinajstić information content (AvgIpc) is 2.65. The largest absolute Gasteiger partial charge is 2.00 e. The van der Waals surface area contributed by atoms with Crippen LogP contribution >= 0.6 is 0 Å². The van der Waals surface area contributed by atoms with Gasteiger partial charge < -0.3 is 39.6 Å². The fourth-order valence-electron chi connectivity index (χ4n) is 3.40. The van der Waals surface area contributed by atoms with Gasteiger partial charge in [-0.1, -0.05) is 0 Å². The van der Waals surface area contributed by atoms with Crippen molar-refractivity contribution < 1.29 is 65.5 Å². The number of benzene rings is 2. The van der Waals surface area contributed by atoms with Crippen molar-refractivity contribution in [3.05, 3.63) is 56.6 Å². The molecule has 38 heavy (non-hydrogen) atoms. The molecule has 2 aromatic carbocycles. The molecule has 0 heterocycles. The van der Waals surface area contributed by atoms with Gasteiger partial charge in [-0.3, -0.25) is 9.11 Å². The zero-order valence-corrected chi connectivity index (χ0v) is 30.7. The predicted molar refractivity (Wildman–Crippen MR) is 120 cm³/mol. The molecule has 2 rings (SSSR count). The third-order valence-corrected chi connectivity index (χ3v) is 7.21. The Morgan fingerprint density at radius 2 is 0.684 bits per heavy atom. The van der Waals surface area contributed by atoms with Gasteiger partial charge in [0.05, 0.1) is 23.9 Å². The standard InChI is InChI=1S/2C10H10O7S.2Ba/c2*1-4-6(9(11)12)3-7(10(13)14)5(2)8(4)18(15,16)17;;/h2*3H,1-2H3,(H,11,12)(H,13,14)(H,15,16,17);;/q;;2*+2/p-4. The van der Waals surface area contributed by atoms with Crippen LogP contribution in [0.25, 0.3) is 0 Å². The van der Waals surface area contributed by atoms with Crippen LogP contribution in [0.15, 0.2) is 21.9 Å². The van der Waals surface area contributed by atoms with Gasteiger partial charge in [-0.2, -0.15) is 16.8 Å². The van der Waals surface area contributed by atoms with Crippen LogP contribution in [-0.2, 0) is 20.2 Å². The van der Waals surface area contributed by atoms with Crippen molar-refractivity contribution >= 4 is 142 Å². The normalized spacial score (nSPS) is 10.7. The second-order valence-corrected chi connectivity index (χ2v) is 9.92. The van der Waals surface area contributed by atoms with Crippen molar-refractivity contribution in [3.8, 4) is 0 Å². The molecule has 0 aliphatic carbocycles. The number of hydrogen-bond acceptors (Lipinski definition) is 12. The molecule has 0 fully saturated rings. The molecule has 0 bridgehead atoms. The van der Waals surface area contributed by atoms with E-state index in [-0.39, 0.29) is 120 Å². The van der Waals surface area contributed by atoms with Crippen LogP contribution < -0.4 is 20.4 Å². The molecule has 0 spiro atoms. The number of carboxylic acid groups (broad SMARTS) is 4. The summed E-state index contributed by atoms with van der Waals surface area (Å²) in [5.41, 5.74) is -3.69. The number of hydrogen-bond donors (Lipinski definition) is 2. The summed E-state index contributed by atoms with van der Waals surface area (Å²) in [6.07, 6.45) is 0. The van der Waals surface area contributed by atoms with Gasteiger partial charge in [0.2, 0.25) is 0 Å². The SMILES string of the molecule is Cc1c(C(=O)[O-])cc(C(=O)[O-])c(C)c1S(=O)(=O)O.Cc1c(C(=O)[O-])cc(C(=O)[O-])c(C)c1S(=O)(=O)O.[Ba+2].[Ba+2]. The fraction of sp³-hybridized carbons (Fsp3) is 0.200. The maximum Gasteiger partial charge on any atom is 2.00 e. The van der Waals surface area contributed by atoms with Crippen LogP contribution in [0.2, 0.25) is 0 Å². The summed E-state index contributed by atoms with van der Waals surface area (Å²) in [5.74, 6) is -7.00. The average molecular weight is 819 g/mol.